The van der Waals surface area contributed by atoms with Gasteiger partial charge in [-0.15, -0.1) is 0 Å². The van der Waals surface area contributed by atoms with E-state index < -0.39 is 5.41 Å². The van der Waals surface area contributed by atoms with Crippen molar-refractivity contribution in [3.8, 4) is 11.5 Å². The molecule has 2 rings (SSSR count). The number of amides is 1. The van der Waals surface area contributed by atoms with Crippen molar-refractivity contribution >= 4 is 29.7 Å². The second-order valence-electron chi connectivity index (χ2n) is 9.03. The summed E-state index contributed by atoms with van der Waals surface area (Å²) >= 11 is 0. The standard InChI is InChI=1S/C28H37N3O4.C2H6/c1-8-22(23-11-9-10-12-24(23)34-7)15-20(2)31(6)26(33)14-13-21-16-25(27(29-5)30-17-21)35-19-28(3,4)18-32;1-2/h9-18,20H,8,19H2,1-7H3,(H,29,30);1-2H3/b14-13+,22-15+;. The number of nitrogens with zero attached hydrogens (tertiary/aromatic N) is 2. The Hall–Kier alpha value is -3.61. The highest BCUT2D eigenvalue weighted by Gasteiger charge is 2.19. The molecule has 7 heteroatoms. The molecule has 1 aromatic carbocycles. The Kier molecular flexibility index (Phi) is 13.2. The number of aldehydes is 1. The molecule has 0 saturated carbocycles. The van der Waals surface area contributed by atoms with E-state index in [1.165, 1.54) is 6.08 Å². The Morgan fingerprint density at radius 2 is 1.89 bits per heavy atom. The van der Waals surface area contributed by atoms with Crippen molar-refractivity contribution in [1.29, 1.82) is 0 Å². The number of hydrogen-bond donors (Lipinski definition) is 1. The van der Waals surface area contributed by atoms with Crippen molar-refractivity contribution in [3.05, 3.63) is 59.8 Å². The van der Waals surface area contributed by atoms with E-state index in [2.05, 4.69) is 23.3 Å². The van der Waals surface area contributed by atoms with Gasteiger partial charge in [-0.3, -0.25) is 4.79 Å². The predicted molar refractivity (Wildman–Crippen MR) is 153 cm³/mol. The Morgan fingerprint density at radius 3 is 2.49 bits per heavy atom. The van der Waals surface area contributed by atoms with E-state index >= 15 is 0 Å². The third-order valence-corrected chi connectivity index (χ3v) is 5.68. The number of methoxy groups -OCH3 is 1. The van der Waals surface area contributed by atoms with Crippen LogP contribution in [0.2, 0.25) is 0 Å². The summed E-state index contributed by atoms with van der Waals surface area (Å²) in [7, 11) is 5.19. The molecule has 2 aromatic rings. The lowest BCUT2D eigenvalue weighted by Crippen LogP contribution is -2.32. The smallest absolute Gasteiger partial charge is 0.246 e. The maximum absolute atomic E-state index is 12.9. The second-order valence-corrected chi connectivity index (χ2v) is 9.03. The molecule has 1 aromatic heterocycles. The molecule has 0 spiro atoms. The summed E-state index contributed by atoms with van der Waals surface area (Å²) in [6.07, 6.45) is 8.66. The van der Waals surface area contributed by atoms with Crippen molar-refractivity contribution in [1.82, 2.24) is 9.88 Å². The molecule has 0 aliphatic rings. The lowest BCUT2D eigenvalue weighted by molar-refractivity contribution is -0.125. The molecule has 1 heterocycles. The zero-order valence-corrected chi connectivity index (χ0v) is 23.8. The van der Waals surface area contributed by atoms with Crippen molar-refractivity contribution in [3.63, 3.8) is 0 Å². The minimum atomic E-state index is -0.611. The highest BCUT2D eigenvalue weighted by atomic mass is 16.5. The lowest BCUT2D eigenvalue weighted by atomic mass is 9.98. The third-order valence-electron chi connectivity index (χ3n) is 5.68. The number of ether oxygens (including phenoxy) is 2. The van der Waals surface area contributed by atoms with Gasteiger partial charge in [0.1, 0.15) is 18.6 Å². The molecule has 0 saturated heterocycles. The molecule has 1 amide bonds. The van der Waals surface area contributed by atoms with Crippen LogP contribution in [0.1, 0.15) is 59.1 Å². The molecule has 0 aliphatic carbocycles. The SMILES string of the molecule is CC.CC/C(=C\C(C)N(C)C(=O)/C=C/c1cnc(NC)c(OCC(C)(C)C=O)c1)c1ccccc1OC. The fourth-order valence-corrected chi connectivity index (χ4v) is 3.34. The number of benzene rings is 1. The predicted octanol–water partition coefficient (Wildman–Crippen LogP) is 6.12. The summed E-state index contributed by atoms with van der Waals surface area (Å²) in [5.41, 5.74) is 2.25. The maximum atomic E-state index is 12.9. The molecule has 0 bridgehead atoms. The third kappa shape index (κ3) is 9.41. The van der Waals surface area contributed by atoms with Crippen LogP contribution >= 0.6 is 0 Å². The number of anilines is 1. The van der Waals surface area contributed by atoms with Crippen molar-refractivity contribution < 1.29 is 19.1 Å². The van der Waals surface area contributed by atoms with Gasteiger partial charge in [0.15, 0.2) is 11.6 Å². The Labute approximate surface area is 222 Å². The van der Waals surface area contributed by atoms with Gasteiger partial charge >= 0.3 is 0 Å². The summed E-state index contributed by atoms with van der Waals surface area (Å²) in [5.74, 6) is 1.76. The first-order chi connectivity index (χ1) is 17.6. The van der Waals surface area contributed by atoms with E-state index in [-0.39, 0.29) is 18.6 Å². The number of carbonyl (C=O) groups excluding carboxylic acids is 2. The zero-order valence-electron chi connectivity index (χ0n) is 23.8. The quantitative estimate of drug-likeness (QED) is 0.274. The van der Waals surface area contributed by atoms with Gasteiger partial charge in [-0.2, -0.15) is 0 Å². The fourth-order valence-electron chi connectivity index (χ4n) is 3.34. The van der Waals surface area contributed by atoms with Crippen molar-refractivity contribution in [2.24, 2.45) is 5.41 Å². The van der Waals surface area contributed by atoms with Crippen LogP contribution in [-0.4, -0.2) is 55.9 Å². The van der Waals surface area contributed by atoms with Crippen LogP contribution in [-0.2, 0) is 9.59 Å². The molecule has 37 heavy (non-hydrogen) atoms. The van der Waals surface area contributed by atoms with Crippen molar-refractivity contribution in [2.45, 2.75) is 54.0 Å². The summed E-state index contributed by atoms with van der Waals surface area (Å²) in [5, 5.41) is 2.98. The molecule has 0 aliphatic heterocycles. The van der Waals surface area contributed by atoms with E-state index in [4.69, 9.17) is 9.47 Å². The fraction of sp³-hybridized carbons (Fsp3) is 0.433. The largest absolute Gasteiger partial charge is 0.496 e. The van der Waals surface area contributed by atoms with Gasteiger partial charge in [-0.1, -0.05) is 45.0 Å². The van der Waals surface area contributed by atoms with Crippen molar-refractivity contribution in [2.75, 3.05) is 33.1 Å². The van der Waals surface area contributed by atoms with Gasteiger partial charge in [-0.25, -0.2) is 4.98 Å². The normalized spacial score (nSPS) is 12.3. The number of pyridine rings is 1. The molecule has 0 fully saturated rings. The Bertz CT molecular complexity index is 1080. The van der Waals surface area contributed by atoms with E-state index in [1.54, 1.807) is 58.3 Å². The molecule has 0 radical (unpaired) electrons. The van der Waals surface area contributed by atoms with Crippen LogP contribution in [0.5, 0.6) is 11.5 Å². The van der Waals surface area contributed by atoms with Gasteiger partial charge < -0.3 is 24.5 Å². The lowest BCUT2D eigenvalue weighted by Gasteiger charge is -2.22. The second kappa shape index (κ2) is 15.5. The summed E-state index contributed by atoms with van der Waals surface area (Å²) in [6, 6.07) is 9.56. The Balaban J connectivity index is 0.00000334. The minimum absolute atomic E-state index is 0.124. The highest BCUT2D eigenvalue weighted by Crippen LogP contribution is 2.29. The molecular formula is C30H43N3O4. The minimum Gasteiger partial charge on any atom is -0.496 e. The summed E-state index contributed by atoms with van der Waals surface area (Å²) < 4.78 is 11.3. The van der Waals surface area contributed by atoms with E-state index in [9.17, 15) is 9.59 Å². The molecule has 1 atom stereocenters. The van der Waals surface area contributed by atoms with Gasteiger partial charge in [0.05, 0.1) is 12.5 Å². The first-order valence-corrected chi connectivity index (χ1v) is 12.7. The average molecular weight is 510 g/mol. The van der Waals surface area contributed by atoms with Gasteiger partial charge in [0, 0.05) is 38.0 Å². The number of hydrogen-bond acceptors (Lipinski definition) is 6. The molecule has 202 valence electrons. The van der Waals surface area contributed by atoms with Crippen LogP contribution < -0.4 is 14.8 Å². The summed E-state index contributed by atoms with van der Waals surface area (Å²) in [4.78, 5) is 30.1. The van der Waals surface area contributed by atoms with E-state index in [0.29, 0.717) is 11.6 Å². The monoisotopic (exact) mass is 509 g/mol. The average Bonchev–Trinajstić information content (AvgIpc) is 2.93. The van der Waals surface area contributed by atoms with Gasteiger partial charge in [-0.05, 0) is 56.5 Å². The summed E-state index contributed by atoms with van der Waals surface area (Å²) in [6.45, 7) is 11.9. The number of allylic oxidation sites excluding steroid dienone is 1. The van der Waals surface area contributed by atoms with E-state index in [1.807, 2.05) is 45.0 Å². The maximum Gasteiger partial charge on any atom is 0.246 e. The highest BCUT2D eigenvalue weighted by molar-refractivity contribution is 5.92. The van der Waals surface area contributed by atoms with Crippen LogP contribution in [0.15, 0.2) is 48.7 Å². The van der Waals surface area contributed by atoms with E-state index in [0.717, 1.165) is 35.2 Å². The van der Waals surface area contributed by atoms with Crippen LogP contribution in [0, 0.1) is 5.41 Å². The molecular weight excluding hydrogens is 466 g/mol. The topological polar surface area (TPSA) is 80.8 Å². The number of nitrogens with one attached hydrogen (secondary N) is 1. The molecule has 1 N–H and O–H groups in total. The van der Waals surface area contributed by atoms with Crippen LogP contribution in [0.4, 0.5) is 5.82 Å². The molecule has 7 nitrogen and oxygen atoms in total. The van der Waals surface area contributed by atoms with Crippen LogP contribution in [0.25, 0.3) is 11.6 Å². The Morgan fingerprint density at radius 1 is 1.22 bits per heavy atom. The zero-order chi connectivity index (χ0) is 28.0. The number of carbonyl (C=O) groups is 2. The molecule has 1 unspecified atom stereocenters. The van der Waals surface area contributed by atoms with Crippen LogP contribution in [0.3, 0.4) is 0 Å². The number of aromatic nitrogens is 1. The first-order valence-electron chi connectivity index (χ1n) is 12.7. The van der Waals surface area contributed by atoms with Gasteiger partial charge in [0.25, 0.3) is 0 Å². The number of para-hydroxylation sites is 1. The number of likely N-dealkylation sites (N-methyl/N-ethyl adjacent to an activating group) is 1. The van der Waals surface area contributed by atoms with Gasteiger partial charge in [0.2, 0.25) is 5.91 Å². The number of rotatable bonds is 12. The first kappa shape index (κ1) is 31.4.